The van der Waals surface area contributed by atoms with Gasteiger partial charge >= 0.3 is 5.97 Å². The number of nitrogens with one attached hydrogen (secondary N) is 1. The van der Waals surface area contributed by atoms with Gasteiger partial charge in [-0.05, 0) is 48.0 Å². The molecular weight excluding hydrogens is 436 g/mol. The largest absolute Gasteiger partial charge is 0.478 e. The van der Waals surface area contributed by atoms with Gasteiger partial charge in [0.1, 0.15) is 23.2 Å². The number of hydrogen-bond donors (Lipinski definition) is 2. The van der Waals surface area contributed by atoms with Crippen LogP contribution in [0.4, 0.5) is 0 Å². The summed E-state index contributed by atoms with van der Waals surface area (Å²) < 4.78 is 16.2. The van der Waals surface area contributed by atoms with Crippen molar-refractivity contribution in [3.8, 4) is 28.9 Å². The number of rotatable bonds is 6. The third-order valence-corrected chi connectivity index (χ3v) is 4.98. The van der Waals surface area contributed by atoms with Crippen LogP contribution in [-0.4, -0.2) is 23.8 Å². The first-order valence-corrected chi connectivity index (χ1v) is 9.74. The molecule has 0 atom stereocenters. The number of ether oxygens (including phenoxy) is 2. The molecule has 1 aromatic heterocycles. The van der Waals surface area contributed by atoms with Crippen LogP contribution in [0.1, 0.15) is 21.7 Å². The maximum atomic E-state index is 12.4. The molecule has 0 bridgehead atoms. The van der Waals surface area contributed by atoms with Crippen molar-refractivity contribution in [3.05, 3.63) is 76.0 Å². The van der Waals surface area contributed by atoms with Gasteiger partial charge in [0.2, 0.25) is 6.79 Å². The number of fused-ring (bicyclic) bond motifs is 1. The smallest absolute Gasteiger partial charge is 0.337 e. The molecular formula is C23H15ClN2O6. The average molecular weight is 451 g/mol. The Labute approximate surface area is 187 Å². The summed E-state index contributed by atoms with van der Waals surface area (Å²) in [6.07, 6.45) is 1.31. The Hall–Kier alpha value is -4.22. The highest BCUT2D eigenvalue weighted by molar-refractivity contribution is 6.33. The number of amides is 1. The summed E-state index contributed by atoms with van der Waals surface area (Å²) in [5.74, 6) is 0.152. The van der Waals surface area contributed by atoms with Crippen molar-refractivity contribution in [2.75, 3.05) is 6.79 Å². The molecule has 32 heavy (non-hydrogen) atoms. The van der Waals surface area contributed by atoms with E-state index in [2.05, 4.69) is 5.32 Å². The summed E-state index contributed by atoms with van der Waals surface area (Å²) in [7, 11) is 0. The molecule has 2 N–H and O–H groups in total. The summed E-state index contributed by atoms with van der Waals surface area (Å²) in [5.41, 5.74) is 1.08. The Bertz CT molecular complexity index is 1290. The molecule has 0 aliphatic carbocycles. The van der Waals surface area contributed by atoms with E-state index in [1.54, 1.807) is 36.4 Å². The van der Waals surface area contributed by atoms with E-state index in [4.69, 9.17) is 25.5 Å². The molecule has 1 amide bonds. The number of nitrogens with zero attached hydrogens (tertiary/aromatic N) is 1. The molecule has 160 valence electrons. The normalized spacial score (nSPS) is 12.3. The highest BCUT2D eigenvalue weighted by Crippen LogP contribution is 2.32. The maximum Gasteiger partial charge on any atom is 0.337 e. The molecule has 1 aliphatic rings. The molecule has 9 heteroatoms. The summed E-state index contributed by atoms with van der Waals surface area (Å²) in [6.45, 7) is 0.353. The highest BCUT2D eigenvalue weighted by atomic mass is 35.5. The standard InChI is InChI=1S/C23H15ClN2O6/c24-18-4-2-14(9-17(18)23(28)29)19-6-3-16(32-19)8-15(10-25)22(27)26-11-13-1-5-20-21(7-13)31-12-30-20/h1-9H,11-12H2,(H,26,27)(H,28,29)/b15-8+. The molecule has 1 aliphatic heterocycles. The lowest BCUT2D eigenvalue weighted by Crippen LogP contribution is -2.23. The van der Waals surface area contributed by atoms with E-state index in [9.17, 15) is 20.0 Å². The second-order valence-electron chi connectivity index (χ2n) is 6.74. The number of aromatic carboxylic acids is 1. The molecule has 3 aromatic rings. The van der Waals surface area contributed by atoms with Crippen LogP contribution < -0.4 is 14.8 Å². The van der Waals surface area contributed by atoms with Crippen molar-refractivity contribution >= 4 is 29.6 Å². The molecule has 2 heterocycles. The molecule has 0 spiro atoms. The zero-order valence-electron chi connectivity index (χ0n) is 16.4. The summed E-state index contributed by atoms with van der Waals surface area (Å²) in [5, 5.41) is 21.4. The third-order valence-electron chi connectivity index (χ3n) is 4.65. The highest BCUT2D eigenvalue weighted by Gasteiger charge is 2.16. The third kappa shape index (κ3) is 4.43. The number of carboxylic acids is 1. The molecule has 4 rings (SSSR count). The van der Waals surface area contributed by atoms with Gasteiger partial charge in [0, 0.05) is 18.2 Å². The monoisotopic (exact) mass is 450 g/mol. The number of benzene rings is 2. The molecule has 0 saturated heterocycles. The number of carbonyl (C=O) groups is 2. The van der Waals surface area contributed by atoms with Gasteiger partial charge in [-0.25, -0.2) is 4.79 Å². The number of nitriles is 1. The maximum absolute atomic E-state index is 12.4. The van der Waals surface area contributed by atoms with Crippen molar-refractivity contribution in [2.24, 2.45) is 0 Å². The predicted octanol–water partition coefficient (Wildman–Crippen LogP) is 4.25. The van der Waals surface area contributed by atoms with Crippen molar-refractivity contribution in [1.82, 2.24) is 5.32 Å². The minimum Gasteiger partial charge on any atom is -0.478 e. The van der Waals surface area contributed by atoms with Crippen molar-refractivity contribution < 1.29 is 28.6 Å². The fourth-order valence-electron chi connectivity index (χ4n) is 3.05. The van der Waals surface area contributed by atoms with E-state index >= 15 is 0 Å². The fourth-order valence-corrected chi connectivity index (χ4v) is 3.25. The quantitative estimate of drug-likeness (QED) is 0.425. The van der Waals surface area contributed by atoms with Gasteiger partial charge in [0.05, 0.1) is 10.6 Å². The summed E-state index contributed by atoms with van der Waals surface area (Å²) in [6, 6.07) is 14.8. The van der Waals surface area contributed by atoms with E-state index in [1.807, 2.05) is 6.07 Å². The number of hydrogen-bond acceptors (Lipinski definition) is 6. The molecule has 2 aromatic carbocycles. The van der Waals surface area contributed by atoms with Gasteiger partial charge in [-0.2, -0.15) is 5.26 Å². The zero-order chi connectivity index (χ0) is 22.7. The first-order chi connectivity index (χ1) is 15.4. The topological polar surface area (TPSA) is 122 Å². The van der Waals surface area contributed by atoms with E-state index in [0.717, 1.165) is 5.56 Å². The Morgan fingerprint density at radius 2 is 1.94 bits per heavy atom. The van der Waals surface area contributed by atoms with Crippen LogP contribution >= 0.6 is 11.6 Å². The lowest BCUT2D eigenvalue weighted by atomic mass is 10.1. The lowest BCUT2D eigenvalue weighted by molar-refractivity contribution is -0.117. The predicted molar refractivity (Wildman–Crippen MR) is 114 cm³/mol. The number of halogens is 1. The van der Waals surface area contributed by atoms with Crippen LogP contribution in [0.15, 0.2) is 58.5 Å². The van der Waals surface area contributed by atoms with Crippen molar-refractivity contribution in [2.45, 2.75) is 6.54 Å². The number of furan rings is 1. The average Bonchev–Trinajstić information content (AvgIpc) is 3.45. The molecule has 0 fully saturated rings. The molecule has 0 radical (unpaired) electrons. The van der Waals surface area contributed by atoms with Gasteiger partial charge in [-0.1, -0.05) is 17.7 Å². The van der Waals surface area contributed by atoms with Crippen LogP contribution in [-0.2, 0) is 11.3 Å². The lowest BCUT2D eigenvalue weighted by Gasteiger charge is -2.05. The number of carbonyl (C=O) groups excluding carboxylic acids is 1. The fraction of sp³-hybridized carbons (Fsp3) is 0.0870. The van der Waals surface area contributed by atoms with E-state index in [-0.39, 0.29) is 35.3 Å². The Morgan fingerprint density at radius 3 is 2.72 bits per heavy atom. The van der Waals surface area contributed by atoms with Crippen LogP contribution in [0.3, 0.4) is 0 Å². The van der Waals surface area contributed by atoms with Crippen LogP contribution in [0.5, 0.6) is 11.5 Å². The molecule has 0 saturated carbocycles. The first-order valence-electron chi connectivity index (χ1n) is 9.36. The number of carboxylic acid groups (broad SMARTS) is 1. The van der Waals surface area contributed by atoms with Crippen LogP contribution in [0.25, 0.3) is 17.4 Å². The SMILES string of the molecule is N#C/C(=C\c1ccc(-c2ccc(Cl)c(C(=O)O)c2)o1)C(=O)NCc1ccc2c(c1)OCO2. The second kappa shape index (κ2) is 8.88. The first kappa shape index (κ1) is 21.0. The van der Waals surface area contributed by atoms with Gasteiger partial charge in [-0.15, -0.1) is 0 Å². The molecule has 0 unspecified atom stereocenters. The van der Waals surface area contributed by atoms with Crippen LogP contribution in [0.2, 0.25) is 5.02 Å². The Kier molecular flexibility index (Phi) is 5.83. The summed E-state index contributed by atoms with van der Waals surface area (Å²) >= 11 is 5.89. The minimum atomic E-state index is -1.16. The van der Waals surface area contributed by atoms with Crippen molar-refractivity contribution in [1.29, 1.82) is 5.26 Å². The van der Waals surface area contributed by atoms with Gasteiger partial charge < -0.3 is 24.3 Å². The van der Waals surface area contributed by atoms with Gasteiger partial charge in [0.25, 0.3) is 5.91 Å². The van der Waals surface area contributed by atoms with E-state index in [1.165, 1.54) is 18.2 Å². The van der Waals surface area contributed by atoms with Gasteiger partial charge in [0.15, 0.2) is 11.5 Å². The Balaban J connectivity index is 1.47. The second-order valence-corrected chi connectivity index (χ2v) is 7.15. The van der Waals surface area contributed by atoms with Crippen LogP contribution in [0, 0.1) is 11.3 Å². The van der Waals surface area contributed by atoms with Gasteiger partial charge in [-0.3, -0.25) is 4.79 Å². The van der Waals surface area contributed by atoms with E-state index < -0.39 is 11.9 Å². The zero-order valence-corrected chi connectivity index (χ0v) is 17.2. The molecule has 8 nitrogen and oxygen atoms in total. The Morgan fingerprint density at radius 1 is 1.12 bits per heavy atom. The summed E-state index contributed by atoms with van der Waals surface area (Å²) in [4.78, 5) is 23.7. The van der Waals surface area contributed by atoms with E-state index in [0.29, 0.717) is 22.8 Å². The minimum absolute atomic E-state index is 0.0572. The van der Waals surface area contributed by atoms with Crippen molar-refractivity contribution in [3.63, 3.8) is 0 Å².